The molecular weight excluding hydrogens is 237 g/mol. The maximum atomic E-state index is 12.6. The third kappa shape index (κ3) is 6.20. The van der Waals surface area contributed by atoms with E-state index < -0.39 is 0 Å². The summed E-state index contributed by atoms with van der Waals surface area (Å²) < 4.78 is 17.9. The maximum absolute atomic E-state index is 12.6. The quantitative estimate of drug-likeness (QED) is 0.760. The van der Waals surface area contributed by atoms with Crippen molar-refractivity contribution in [2.75, 3.05) is 13.2 Å². The monoisotopic (exact) mass is 255 g/mol. The molecule has 0 radical (unpaired) electrons. The number of halogens is 1. The van der Waals surface area contributed by atoms with Gasteiger partial charge in [0.2, 0.25) is 5.91 Å². The van der Waals surface area contributed by atoms with Crippen LogP contribution in [0.4, 0.5) is 4.39 Å². The van der Waals surface area contributed by atoms with Crippen LogP contribution >= 0.6 is 0 Å². The molecule has 0 spiro atoms. The van der Waals surface area contributed by atoms with E-state index in [0.717, 1.165) is 0 Å². The standard InChI is InChI=1S/C13H18FNO3/c1-10(2)9-18-15-13(16)7-8-17-12-5-3-11(14)4-6-12/h3-6,10H,7-9H2,1-2H3,(H,15,16). The van der Waals surface area contributed by atoms with Crippen LogP contribution in [-0.2, 0) is 9.63 Å². The first-order valence-corrected chi connectivity index (χ1v) is 5.87. The summed E-state index contributed by atoms with van der Waals surface area (Å²) in [7, 11) is 0. The Bertz CT molecular complexity index is 365. The van der Waals surface area contributed by atoms with E-state index in [1.807, 2.05) is 13.8 Å². The molecule has 4 nitrogen and oxygen atoms in total. The normalized spacial score (nSPS) is 10.4. The van der Waals surface area contributed by atoms with Gasteiger partial charge in [0.1, 0.15) is 11.6 Å². The second-order valence-electron chi connectivity index (χ2n) is 4.28. The van der Waals surface area contributed by atoms with Crippen molar-refractivity contribution in [1.82, 2.24) is 5.48 Å². The first kappa shape index (κ1) is 14.4. The molecule has 1 amide bonds. The molecule has 1 N–H and O–H groups in total. The fourth-order valence-corrected chi connectivity index (χ4v) is 1.13. The van der Waals surface area contributed by atoms with Gasteiger partial charge in [0.05, 0.1) is 19.6 Å². The van der Waals surface area contributed by atoms with E-state index in [2.05, 4.69) is 5.48 Å². The molecule has 0 unspecified atom stereocenters. The van der Waals surface area contributed by atoms with Crippen LogP contribution in [0.1, 0.15) is 20.3 Å². The zero-order valence-electron chi connectivity index (χ0n) is 10.6. The van der Waals surface area contributed by atoms with Crippen LogP contribution in [0.25, 0.3) is 0 Å². The molecule has 0 fully saturated rings. The predicted octanol–water partition coefficient (Wildman–Crippen LogP) is 2.30. The van der Waals surface area contributed by atoms with E-state index in [9.17, 15) is 9.18 Å². The van der Waals surface area contributed by atoms with Gasteiger partial charge in [-0.15, -0.1) is 0 Å². The number of rotatable bonds is 7. The van der Waals surface area contributed by atoms with Gasteiger partial charge in [-0.1, -0.05) is 13.8 Å². The number of hydroxylamine groups is 1. The maximum Gasteiger partial charge on any atom is 0.246 e. The minimum atomic E-state index is -0.317. The first-order chi connectivity index (χ1) is 8.58. The fourth-order valence-electron chi connectivity index (χ4n) is 1.13. The lowest BCUT2D eigenvalue weighted by Gasteiger charge is -2.08. The summed E-state index contributed by atoms with van der Waals surface area (Å²) >= 11 is 0. The van der Waals surface area contributed by atoms with Gasteiger partial charge < -0.3 is 4.74 Å². The molecule has 0 saturated carbocycles. The highest BCUT2D eigenvalue weighted by Crippen LogP contribution is 2.10. The highest BCUT2D eigenvalue weighted by molar-refractivity contribution is 5.74. The van der Waals surface area contributed by atoms with Crippen LogP contribution in [0.5, 0.6) is 5.75 Å². The van der Waals surface area contributed by atoms with Crippen molar-refractivity contribution in [2.24, 2.45) is 5.92 Å². The first-order valence-electron chi connectivity index (χ1n) is 5.87. The van der Waals surface area contributed by atoms with E-state index in [1.165, 1.54) is 24.3 Å². The Morgan fingerprint density at radius 2 is 2.00 bits per heavy atom. The van der Waals surface area contributed by atoms with Gasteiger partial charge in [-0.2, -0.15) is 0 Å². The highest BCUT2D eigenvalue weighted by Gasteiger charge is 2.03. The van der Waals surface area contributed by atoms with Gasteiger partial charge in [-0.3, -0.25) is 9.63 Å². The van der Waals surface area contributed by atoms with Crippen LogP contribution in [0.3, 0.4) is 0 Å². The van der Waals surface area contributed by atoms with E-state index in [1.54, 1.807) is 0 Å². The molecule has 1 aromatic carbocycles. The molecule has 1 rings (SSSR count). The lowest BCUT2D eigenvalue weighted by Crippen LogP contribution is -2.26. The molecule has 0 heterocycles. The Morgan fingerprint density at radius 3 is 2.61 bits per heavy atom. The lowest BCUT2D eigenvalue weighted by molar-refractivity contribution is -0.134. The summed E-state index contributed by atoms with van der Waals surface area (Å²) in [6, 6.07) is 5.65. The van der Waals surface area contributed by atoms with Gasteiger partial charge in [-0.05, 0) is 30.2 Å². The number of carbonyl (C=O) groups excluding carboxylic acids is 1. The highest BCUT2D eigenvalue weighted by atomic mass is 19.1. The smallest absolute Gasteiger partial charge is 0.246 e. The van der Waals surface area contributed by atoms with Crippen molar-refractivity contribution >= 4 is 5.91 Å². The zero-order valence-corrected chi connectivity index (χ0v) is 10.6. The van der Waals surface area contributed by atoms with Crippen LogP contribution in [0, 0.1) is 11.7 Å². The second kappa shape index (κ2) is 7.66. The molecule has 100 valence electrons. The lowest BCUT2D eigenvalue weighted by atomic mass is 10.2. The van der Waals surface area contributed by atoms with Crippen molar-refractivity contribution in [3.8, 4) is 5.75 Å². The summed E-state index contributed by atoms with van der Waals surface area (Å²) in [5.74, 6) is 0.341. The number of hydrogen-bond donors (Lipinski definition) is 1. The van der Waals surface area contributed by atoms with E-state index in [-0.39, 0.29) is 24.8 Å². The minimum absolute atomic E-state index is 0.190. The Balaban J connectivity index is 2.13. The van der Waals surface area contributed by atoms with Crippen LogP contribution in [0.2, 0.25) is 0 Å². The molecule has 1 aromatic rings. The summed E-state index contributed by atoms with van der Waals surface area (Å²) in [5, 5.41) is 0. The Labute approximate surface area is 106 Å². The van der Waals surface area contributed by atoms with Gasteiger partial charge in [0.15, 0.2) is 0 Å². The topological polar surface area (TPSA) is 47.6 Å². The van der Waals surface area contributed by atoms with Crippen molar-refractivity contribution < 1.29 is 18.8 Å². The third-order valence-corrected chi connectivity index (χ3v) is 2.01. The molecule has 0 aliphatic heterocycles. The Morgan fingerprint density at radius 1 is 1.33 bits per heavy atom. The largest absolute Gasteiger partial charge is 0.493 e. The van der Waals surface area contributed by atoms with Crippen LogP contribution in [-0.4, -0.2) is 19.1 Å². The number of amides is 1. The van der Waals surface area contributed by atoms with Crippen molar-refractivity contribution in [1.29, 1.82) is 0 Å². The summed E-state index contributed by atoms with van der Waals surface area (Å²) in [5.41, 5.74) is 2.33. The van der Waals surface area contributed by atoms with E-state index >= 15 is 0 Å². The summed E-state index contributed by atoms with van der Waals surface area (Å²) in [6.45, 7) is 4.68. The van der Waals surface area contributed by atoms with Crippen molar-refractivity contribution in [2.45, 2.75) is 20.3 Å². The van der Waals surface area contributed by atoms with Crippen LogP contribution < -0.4 is 10.2 Å². The van der Waals surface area contributed by atoms with Crippen LogP contribution in [0.15, 0.2) is 24.3 Å². The van der Waals surface area contributed by atoms with Gasteiger partial charge in [-0.25, -0.2) is 9.87 Å². The number of benzene rings is 1. The molecule has 0 aromatic heterocycles. The Kier molecular flexibility index (Phi) is 6.14. The number of carbonyl (C=O) groups is 1. The molecule has 0 bridgehead atoms. The third-order valence-electron chi connectivity index (χ3n) is 2.01. The molecule has 0 atom stereocenters. The van der Waals surface area contributed by atoms with E-state index in [4.69, 9.17) is 9.57 Å². The fraction of sp³-hybridized carbons (Fsp3) is 0.462. The molecule has 5 heteroatoms. The van der Waals surface area contributed by atoms with E-state index in [0.29, 0.717) is 18.3 Å². The average Bonchev–Trinajstić information content (AvgIpc) is 2.31. The Hall–Kier alpha value is -1.62. The SMILES string of the molecule is CC(C)CONC(=O)CCOc1ccc(F)cc1. The average molecular weight is 255 g/mol. The summed E-state index contributed by atoms with van der Waals surface area (Å²) in [4.78, 5) is 16.3. The molecule has 0 aliphatic carbocycles. The van der Waals surface area contributed by atoms with Gasteiger partial charge >= 0.3 is 0 Å². The second-order valence-corrected chi connectivity index (χ2v) is 4.28. The molecule has 18 heavy (non-hydrogen) atoms. The number of hydrogen-bond acceptors (Lipinski definition) is 3. The number of nitrogens with one attached hydrogen (secondary N) is 1. The number of ether oxygens (including phenoxy) is 1. The summed E-state index contributed by atoms with van der Waals surface area (Å²) in [6.07, 6.45) is 0.190. The van der Waals surface area contributed by atoms with Gasteiger partial charge in [0, 0.05) is 0 Å². The van der Waals surface area contributed by atoms with Crippen molar-refractivity contribution in [3.05, 3.63) is 30.1 Å². The van der Waals surface area contributed by atoms with Crippen molar-refractivity contribution in [3.63, 3.8) is 0 Å². The van der Waals surface area contributed by atoms with Gasteiger partial charge in [0.25, 0.3) is 0 Å². The molecule has 0 saturated heterocycles. The predicted molar refractivity (Wildman–Crippen MR) is 65.4 cm³/mol. The molecular formula is C13H18FNO3. The molecule has 0 aliphatic rings. The minimum Gasteiger partial charge on any atom is -0.493 e. The zero-order chi connectivity index (χ0) is 13.4.